The van der Waals surface area contributed by atoms with Gasteiger partial charge in [0.15, 0.2) is 0 Å². The van der Waals surface area contributed by atoms with E-state index in [0.29, 0.717) is 31.6 Å². The third-order valence-corrected chi connectivity index (χ3v) is 3.85. The van der Waals surface area contributed by atoms with Gasteiger partial charge in [-0.1, -0.05) is 6.07 Å². The monoisotopic (exact) mass is 313 g/mol. The van der Waals surface area contributed by atoms with Gasteiger partial charge in [-0.25, -0.2) is 9.78 Å². The summed E-state index contributed by atoms with van der Waals surface area (Å²) < 4.78 is 0. The molecule has 1 aromatic heterocycles. The van der Waals surface area contributed by atoms with E-state index in [4.69, 9.17) is 0 Å². The van der Waals surface area contributed by atoms with Crippen LogP contribution in [0.1, 0.15) is 21.6 Å². The van der Waals surface area contributed by atoms with Crippen molar-refractivity contribution in [2.75, 3.05) is 24.5 Å². The highest BCUT2D eigenvalue weighted by atomic mass is 16.2. The van der Waals surface area contributed by atoms with E-state index in [2.05, 4.69) is 20.6 Å². The molecule has 0 radical (unpaired) electrons. The number of hydrogen-bond donors (Lipinski definition) is 3. The molecule has 0 atom stereocenters. The average molecular weight is 313 g/mol. The lowest BCUT2D eigenvalue weighted by molar-refractivity contribution is 0.0954. The van der Waals surface area contributed by atoms with E-state index in [0.717, 1.165) is 16.9 Å². The summed E-state index contributed by atoms with van der Waals surface area (Å²) in [5, 5.41) is 5.65. The van der Waals surface area contributed by atoms with Crippen molar-refractivity contribution in [1.29, 1.82) is 0 Å². The molecule has 1 aliphatic rings. The molecule has 0 aliphatic carbocycles. The minimum absolute atomic E-state index is 0.120. The molecule has 2 aromatic rings. The summed E-state index contributed by atoms with van der Waals surface area (Å²) in [6.07, 6.45) is 4.05. The number of amides is 3. The maximum Gasteiger partial charge on any atom is 0.322 e. The number of imidazole rings is 1. The van der Waals surface area contributed by atoms with Gasteiger partial charge in [0, 0.05) is 49.2 Å². The lowest BCUT2D eigenvalue weighted by Gasteiger charge is -2.18. The van der Waals surface area contributed by atoms with E-state index >= 15 is 0 Å². The number of hydrogen-bond acceptors (Lipinski definition) is 3. The fraction of sp³-hybridized carbons (Fsp3) is 0.312. The summed E-state index contributed by atoms with van der Waals surface area (Å²) in [5.41, 5.74) is 3.27. The van der Waals surface area contributed by atoms with Crippen molar-refractivity contribution in [1.82, 2.24) is 20.6 Å². The van der Waals surface area contributed by atoms with Gasteiger partial charge in [0.2, 0.25) is 0 Å². The number of aryl methyl sites for hydroxylation is 1. The number of nitrogens with one attached hydrogen (secondary N) is 3. The fourth-order valence-corrected chi connectivity index (χ4v) is 2.58. The molecule has 23 heavy (non-hydrogen) atoms. The number of rotatable bonds is 5. The molecule has 3 N–H and O–H groups in total. The molecule has 3 rings (SSSR count). The highest BCUT2D eigenvalue weighted by molar-refractivity contribution is 5.99. The van der Waals surface area contributed by atoms with Crippen LogP contribution in [-0.2, 0) is 6.42 Å². The van der Waals surface area contributed by atoms with Gasteiger partial charge in [-0.2, -0.15) is 0 Å². The van der Waals surface area contributed by atoms with Crippen LogP contribution in [0.4, 0.5) is 10.5 Å². The number of anilines is 1. The summed E-state index contributed by atoms with van der Waals surface area (Å²) in [6, 6.07) is 5.29. The van der Waals surface area contributed by atoms with Gasteiger partial charge >= 0.3 is 6.03 Å². The zero-order valence-electron chi connectivity index (χ0n) is 12.9. The molecule has 1 aromatic carbocycles. The highest BCUT2D eigenvalue weighted by Gasteiger charge is 2.23. The molecule has 3 amide bonds. The normalized spacial score (nSPS) is 14.0. The van der Waals surface area contributed by atoms with Crippen LogP contribution < -0.4 is 15.5 Å². The van der Waals surface area contributed by atoms with Gasteiger partial charge in [-0.15, -0.1) is 0 Å². The first-order valence-corrected chi connectivity index (χ1v) is 7.56. The zero-order valence-corrected chi connectivity index (χ0v) is 12.9. The van der Waals surface area contributed by atoms with Gasteiger partial charge in [0.25, 0.3) is 5.91 Å². The van der Waals surface area contributed by atoms with E-state index in [1.54, 1.807) is 29.6 Å². The molecular weight excluding hydrogens is 294 g/mol. The minimum atomic E-state index is -0.148. The van der Waals surface area contributed by atoms with Gasteiger partial charge < -0.3 is 15.6 Å². The number of benzene rings is 1. The predicted octanol–water partition coefficient (Wildman–Crippen LogP) is 1.22. The Kier molecular flexibility index (Phi) is 4.27. The number of H-pyrrole nitrogens is 1. The lowest BCUT2D eigenvalue weighted by Crippen LogP contribution is -2.29. The van der Waals surface area contributed by atoms with E-state index in [9.17, 15) is 9.59 Å². The maximum atomic E-state index is 12.3. The van der Waals surface area contributed by atoms with Crippen molar-refractivity contribution in [2.24, 2.45) is 0 Å². The van der Waals surface area contributed by atoms with Crippen LogP contribution in [0.25, 0.3) is 0 Å². The topological polar surface area (TPSA) is 90.1 Å². The molecule has 2 heterocycles. The van der Waals surface area contributed by atoms with Crippen molar-refractivity contribution >= 4 is 17.6 Å². The van der Waals surface area contributed by atoms with E-state index in [-0.39, 0.29) is 11.9 Å². The second-order valence-corrected chi connectivity index (χ2v) is 5.47. The fourth-order valence-electron chi connectivity index (χ4n) is 2.58. The molecule has 120 valence electrons. The van der Waals surface area contributed by atoms with Crippen molar-refractivity contribution in [3.63, 3.8) is 0 Å². The highest BCUT2D eigenvalue weighted by Crippen LogP contribution is 2.23. The smallest absolute Gasteiger partial charge is 0.322 e. The number of carbonyl (C=O) groups excluding carboxylic acids is 2. The van der Waals surface area contributed by atoms with Crippen LogP contribution in [0.5, 0.6) is 0 Å². The summed E-state index contributed by atoms with van der Waals surface area (Å²) in [6.45, 7) is 3.69. The summed E-state index contributed by atoms with van der Waals surface area (Å²) in [4.78, 5) is 32.7. The Bertz CT molecular complexity index is 711. The summed E-state index contributed by atoms with van der Waals surface area (Å²) in [7, 11) is 0. The van der Waals surface area contributed by atoms with Crippen LogP contribution in [0.15, 0.2) is 30.7 Å². The van der Waals surface area contributed by atoms with Gasteiger partial charge in [-0.05, 0) is 24.6 Å². The third kappa shape index (κ3) is 3.33. The van der Waals surface area contributed by atoms with Gasteiger partial charge in [0.1, 0.15) is 0 Å². The number of aromatic nitrogens is 2. The zero-order chi connectivity index (χ0) is 16.2. The van der Waals surface area contributed by atoms with E-state index in [1.165, 1.54) is 0 Å². The average Bonchev–Trinajstić information content (AvgIpc) is 3.19. The Balaban J connectivity index is 1.67. The van der Waals surface area contributed by atoms with Crippen LogP contribution in [0.2, 0.25) is 0 Å². The molecule has 1 saturated heterocycles. The first-order chi connectivity index (χ1) is 11.1. The quantitative estimate of drug-likeness (QED) is 0.775. The molecule has 1 aliphatic heterocycles. The summed E-state index contributed by atoms with van der Waals surface area (Å²) in [5.74, 6) is -0.148. The Morgan fingerprint density at radius 3 is 3.00 bits per heavy atom. The Hall–Kier alpha value is -2.83. The van der Waals surface area contributed by atoms with E-state index in [1.807, 2.05) is 13.0 Å². The maximum absolute atomic E-state index is 12.3. The SMILES string of the molecule is Cc1ccc(C(=O)NCCc2cnc[nH]2)cc1N1CCNC1=O. The molecule has 7 nitrogen and oxygen atoms in total. The largest absolute Gasteiger partial charge is 0.352 e. The van der Waals surface area contributed by atoms with Crippen molar-refractivity contribution in [2.45, 2.75) is 13.3 Å². The third-order valence-electron chi connectivity index (χ3n) is 3.85. The molecule has 0 spiro atoms. The van der Waals surface area contributed by atoms with E-state index < -0.39 is 0 Å². The van der Waals surface area contributed by atoms with Crippen LogP contribution in [-0.4, -0.2) is 41.5 Å². The van der Waals surface area contributed by atoms with Crippen molar-refractivity contribution in [3.05, 3.63) is 47.5 Å². The standard InChI is InChI=1S/C16H19N5O2/c1-11-2-3-12(8-14(11)21-7-6-19-16(21)23)15(22)18-5-4-13-9-17-10-20-13/h2-3,8-10H,4-7H2,1H3,(H,17,20)(H,18,22)(H,19,23). The van der Waals surface area contributed by atoms with Crippen molar-refractivity contribution in [3.8, 4) is 0 Å². The Morgan fingerprint density at radius 1 is 1.43 bits per heavy atom. The second-order valence-electron chi connectivity index (χ2n) is 5.47. The van der Waals surface area contributed by atoms with Crippen LogP contribution in [0.3, 0.4) is 0 Å². The van der Waals surface area contributed by atoms with Gasteiger partial charge in [-0.3, -0.25) is 9.69 Å². The molecule has 7 heteroatoms. The second kappa shape index (κ2) is 6.51. The molecule has 0 saturated carbocycles. The number of urea groups is 1. The minimum Gasteiger partial charge on any atom is -0.352 e. The number of carbonyl (C=O) groups is 2. The first kappa shape index (κ1) is 15.1. The molecule has 1 fully saturated rings. The predicted molar refractivity (Wildman–Crippen MR) is 86.5 cm³/mol. The Morgan fingerprint density at radius 2 is 2.30 bits per heavy atom. The molecular formula is C16H19N5O2. The molecule has 0 bridgehead atoms. The van der Waals surface area contributed by atoms with Crippen LogP contribution in [0, 0.1) is 6.92 Å². The van der Waals surface area contributed by atoms with Crippen molar-refractivity contribution < 1.29 is 9.59 Å². The Labute approximate surface area is 134 Å². The number of aromatic amines is 1. The lowest BCUT2D eigenvalue weighted by atomic mass is 10.1. The van der Waals surface area contributed by atoms with Gasteiger partial charge in [0.05, 0.1) is 6.33 Å². The first-order valence-electron chi connectivity index (χ1n) is 7.56. The molecule has 0 unspecified atom stereocenters. The number of nitrogens with zero attached hydrogens (tertiary/aromatic N) is 2. The van der Waals surface area contributed by atoms with Crippen LogP contribution >= 0.6 is 0 Å². The summed E-state index contributed by atoms with van der Waals surface area (Å²) >= 11 is 0.